The van der Waals surface area contributed by atoms with Crippen molar-refractivity contribution < 1.29 is 13.2 Å². The van der Waals surface area contributed by atoms with Gasteiger partial charge in [-0.1, -0.05) is 6.07 Å². The maximum absolute atomic E-state index is 11.7. The monoisotopic (exact) mass is 297 g/mol. The number of benzene rings is 1. The SMILES string of the molecule is CNS(=O)(=O)c1cccc(NC(=O)CCNC2CC2)c1. The number of anilines is 1. The highest BCUT2D eigenvalue weighted by molar-refractivity contribution is 7.89. The molecule has 1 saturated carbocycles. The molecule has 0 aromatic heterocycles. The number of hydrogen-bond acceptors (Lipinski definition) is 4. The van der Waals surface area contributed by atoms with Crippen molar-refractivity contribution in [3.63, 3.8) is 0 Å². The third-order valence-corrected chi connectivity index (χ3v) is 4.47. The summed E-state index contributed by atoms with van der Waals surface area (Å²) in [5, 5.41) is 5.95. The Bertz CT molecular complexity index is 582. The molecular weight excluding hydrogens is 278 g/mol. The standard InChI is InChI=1S/C13H19N3O3S/c1-14-20(18,19)12-4-2-3-11(9-12)16-13(17)7-8-15-10-5-6-10/h2-4,9-10,14-15H,5-8H2,1H3,(H,16,17). The molecular formula is C13H19N3O3S. The van der Waals surface area contributed by atoms with Crippen molar-refractivity contribution in [3.8, 4) is 0 Å². The van der Waals surface area contributed by atoms with Crippen molar-refractivity contribution in [2.45, 2.75) is 30.2 Å². The van der Waals surface area contributed by atoms with E-state index in [0.29, 0.717) is 24.7 Å². The molecule has 0 spiro atoms. The largest absolute Gasteiger partial charge is 0.326 e. The molecule has 0 bridgehead atoms. The van der Waals surface area contributed by atoms with E-state index in [1.54, 1.807) is 12.1 Å². The fourth-order valence-corrected chi connectivity index (χ4v) is 2.54. The zero-order valence-corrected chi connectivity index (χ0v) is 12.2. The van der Waals surface area contributed by atoms with Crippen LogP contribution in [0.5, 0.6) is 0 Å². The fraction of sp³-hybridized carbons (Fsp3) is 0.462. The van der Waals surface area contributed by atoms with Crippen molar-refractivity contribution >= 4 is 21.6 Å². The molecule has 1 aliphatic carbocycles. The Kier molecular flexibility index (Phi) is 4.74. The van der Waals surface area contributed by atoms with Crippen molar-refractivity contribution in [1.29, 1.82) is 0 Å². The van der Waals surface area contributed by atoms with E-state index in [2.05, 4.69) is 15.4 Å². The number of hydrogen-bond donors (Lipinski definition) is 3. The van der Waals surface area contributed by atoms with E-state index in [9.17, 15) is 13.2 Å². The van der Waals surface area contributed by atoms with Crippen LogP contribution in [0.2, 0.25) is 0 Å². The van der Waals surface area contributed by atoms with Crippen LogP contribution in [0.1, 0.15) is 19.3 Å². The molecule has 0 unspecified atom stereocenters. The lowest BCUT2D eigenvalue weighted by Gasteiger charge is -2.08. The first-order chi connectivity index (χ1) is 9.51. The number of amides is 1. The van der Waals surface area contributed by atoms with Crippen LogP contribution >= 0.6 is 0 Å². The second-order valence-corrected chi connectivity index (χ2v) is 6.65. The summed E-state index contributed by atoms with van der Waals surface area (Å²) in [6.45, 7) is 0.644. The Balaban J connectivity index is 1.91. The molecule has 20 heavy (non-hydrogen) atoms. The third-order valence-electron chi connectivity index (χ3n) is 3.06. The molecule has 110 valence electrons. The van der Waals surface area contributed by atoms with E-state index in [-0.39, 0.29) is 10.8 Å². The van der Waals surface area contributed by atoms with Gasteiger partial charge < -0.3 is 10.6 Å². The van der Waals surface area contributed by atoms with Crippen LogP contribution in [0.25, 0.3) is 0 Å². The molecule has 6 nitrogen and oxygen atoms in total. The van der Waals surface area contributed by atoms with E-state index in [0.717, 1.165) is 0 Å². The summed E-state index contributed by atoms with van der Waals surface area (Å²) in [4.78, 5) is 11.9. The maximum Gasteiger partial charge on any atom is 0.240 e. The maximum atomic E-state index is 11.7. The summed E-state index contributed by atoms with van der Waals surface area (Å²) in [5.41, 5.74) is 0.484. The van der Waals surface area contributed by atoms with E-state index in [4.69, 9.17) is 0 Å². The lowest BCUT2D eigenvalue weighted by atomic mass is 10.3. The van der Waals surface area contributed by atoms with Gasteiger partial charge in [0.25, 0.3) is 0 Å². The smallest absolute Gasteiger partial charge is 0.240 e. The van der Waals surface area contributed by atoms with Crippen molar-refractivity contribution in [2.24, 2.45) is 0 Å². The zero-order valence-electron chi connectivity index (χ0n) is 11.3. The van der Waals surface area contributed by atoms with Gasteiger partial charge in [-0.2, -0.15) is 0 Å². The molecule has 0 aliphatic heterocycles. The van der Waals surface area contributed by atoms with Crippen molar-refractivity contribution in [3.05, 3.63) is 24.3 Å². The lowest BCUT2D eigenvalue weighted by Crippen LogP contribution is -2.23. The first-order valence-corrected chi connectivity index (χ1v) is 8.06. The van der Waals surface area contributed by atoms with Gasteiger partial charge in [0, 0.05) is 24.7 Å². The summed E-state index contributed by atoms with van der Waals surface area (Å²) < 4.78 is 25.6. The van der Waals surface area contributed by atoms with E-state index >= 15 is 0 Å². The summed E-state index contributed by atoms with van der Waals surface area (Å²) in [5.74, 6) is -0.128. The minimum absolute atomic E-state index is 0.128. The van der Waals surface area contributed by atoms with Gasteiger partial charge in [-0.05, 0) is 38.1 Å². The Morgan fingerprint density at radius 1 is 1.35 bits per heavy atom. The Morgan fingerprint density at radius 2 is 2.10 bits per heavy atom. The summed E-state index contributed by atoms with van der Waals surface area (Å²) >= 11 is 0. The normalized spacial score (nSPS) is 15.1. The van der Waals surface area contributed by atoms with E-state index < -0.39 is 10.0 Å². The molecule has 1 aromatic rings. The Morgan fingerprint density at radius 3 is 2.75 bits per heavy atom. The highest BCUT2D eigenvalue weighted by Crippen LogP contribution is 2.18. The van der Waals surface area contributed by atoms with Crippen LogP contribution in [-0.2, 0) is 14.8 Å². The number of sulfonamides is 1. The third kappa shape index (κ3) is 4.29. The molecule has 2 rings (SSSR count). The molecule has 0 atom stereocenters. The van der Waals surface area contributed by atoms with Crippen LogP contribution in [0.4, 0.5) is 5.69 Å². The predicted molar refractivity (Wildman–Crippen MR) is 77.0 cm³/mol. The van der Waals surface area contributed by atoms with Crippen LogP contribution in [-0.4, -0.2) is 34.0 Å². The summed E-state index contributed by atoms with van der Waals surface area (Å²) in [7, 11) is -2.14. The first kappa shape index (κ1) is 15.0. The average Bonchev–Trinajstić information content (AvgIpc) is 3.23. The molecule has 7 heteroatoms. The van der Waals surface area contributed by atoms with E-state index in [1.165, 1.54) is 32.0 Å². The molecule has 1 amide bonds. The highest BCUT2D eigenvalue weighted by atomic mass is 32.2. The number of nitrogens with one attached hydrogen (secondary N) is 3. The van der Waals surface area contributed by atoms with Crippen molar-refractivity contribution in [1.82, 2.24) is 10.0 Å². The number of carbonyl (C=O) groups excluding carboxylic acids is 1. The predicted octanol–water partition coefficient (Wildman–Crippen LogP) is 0.675. The molecule has 1 fully saturated rings. The zero-order chi connectivity index (χ0) is 14.6. The fourth-order valence-electron chi connectivity index (χ4n) is 1.76. The topological polar surface area (TPSA) is 87.3 Å². The van der Waals surface area contributed by atoms with Gasteiger partial charge in [-0.3, -0.25) is 4.79 Å². The van der Waals surface area contributed by atoms with Gasteiger partial charge in [0.05, 0.1) is 4.90 Å². The quantitative estimate of drug-likeness (QED) is 0.690. The van der Waals surface area contributed by atoms with Crippen molar-refractivity contribution in [2.75, 3.05) is 18.9 Å². The Hall–Kier alpha value is -1.44. The van der Waals surface area contributed by atoms with Gasteiger partial charge in [0.1, 0.15) is 0 Å². The molecule has 0 heterocycles. The average molecular weight is 297 g/mol. The highest BCUT2D eigenvalue weighted by Gasteiger charge is 2.20. The number of carbonyl (C=O) groups is 1. The summed E-state index contributed by atoms with van der Waals surface area (Å²) in [6, 6.07) is 6.77. The molecule has 3 N–H and O–H groups in total. The minimum atomic E-state index is -3.49. The second kappa shape index (κ2) is 6.34. The van der Waals surface area contributed by atoms with Gasteiger partial charge in [0.15, 0.2) is 0 Å². The van der Waals surface area contributed by atoms with Gasteiger partial charge in [-0.25, -0.2) is 13.1 Å². The van der Waals surface area contributed by atoms with Crippen LogP contribution in [0, 0.1) is 0 Å². The summed E-state index contributed by atoms with van der Waals surface area (Å²) in [6.07, 6.45) is 2.75. The van der Waals surface area contributed by atoms with Gasteiger partial charge in [0.2, 0.25) is 15.9 Å². The Labute approximate surface area is 119 Å². The number of rotatable bonds is 7. The van der Waals surface area contributed by atoms with Crippen LogP contribution in [0.15, 0.2) is 29.2 Å². The second-order valence-electron chi connectivity index (χ2n) is 4.76. The first-order valence-electron chi connectivity index (χ1n) is 6.58. The molecule has 0 radical (unpaired) electrons. The van der Waals surface area contributed by atoms with E-state index in [1.807, 2.05) is 0 Å². The molecule has 0 saturated heterocycles. The van der Waals surface area contributed by atoms with Crippen LogP contribution in [0.3, 0.4) is 0 Å². The molecule has 1 aliphatic rings. The van der Waals surface area contributed by atoms with Crippen LogP contribution < -0.4 is 15.4 Å². The minimum Gasteiger partial charge on any atom is -0.326 e. The van der Waals surface area contributed by atoms with Gasteiger partial charge in [-0.15, -0.1) is 0 Å². The van der Waals surface area contributed by atoms with Gasteiger partial charge >= 0.3 is 0 Å². The lowest BCUT2D eigenvalue weighted by molar-refractivity contribution is -0.116. The molecule has 1 aromatic carbocycles.